The smallest absolute Gasteiger partial charge is 0.166 e. The highest BCUT2D eigenvalue weighted by atomic mass is 35.5. The lowest BCUT2D eigenvalue weighted by Gasteiger charge is -2.22. The summed E-state index contributed by atoms with van der Waals surface area (Å²) in [5, 5.41) is 8.66. The monoisotopic (exact) mass is 425 g/mol. The molecule has 158 valence electrons. The van der Waals surface area contributed by atoms with E-state index in [0.717, 1.165) is 48.2 Å². The second-order valence-corrected chi connectivity index (χ2v) is 8.37. The Bertz CT molecular complexity index is 1040. The fraction of sp³-hybridized carbons (Fsp3) is 0.391. The van der Waals surface area contributed by atoms with Gasteiger partial charge in [-0.25, -0.2) is 4.98 Å². The Balaban J connectivity index is 1.58. The lowest BCUT2D eigenvalue weighted by atomic mass is 9.99. The third kappa shape index (κ3) is 4.16. The van der Waals surface area contributed by atoms with Crippen molar-refractivity contribution >= 4 is 17.4 Å². The van der Waals surface area contributed by atoms with Gasteiger partial charge in [0.05, 0.1) is 12.2 Å². The van der Waals surface area contributed by atoms with Crippen molar-refractivity contribution in [2.24, 2.45) is 0 Å². The van der Waals surface area contributed by atoms with Crippen LogP contribution in [-0.4, -0.2) is 27.9 Å². The molecular formula is C23H28ClN5O. The Hall–Kier alpha value is -2.57. The molecule has 3 aromatic rings. The maximum Gasteiger partial charge on any atom is 0.166 e. The number of ether oxygens (including phenoxy) is 1. The van der Waals surface area contributed by atoms with Crippen molar-refractivity contribution in [2.45, 2.75) is 45.8 Å². The number of aromatic nitrogens is 3. The van der Waals surface area contributed by atoms with Gasteiger partial charge in [-0.2, -0.15) is 5.10 Å². The summed E-state index contributed by atoms with van der Waals surface area (Å²) in [6.07, 6.45) is 7.64. The number of rotatable bonds is 5. The van der Waals surface area contributed by atoms with Gasteiger partial charge in [-0.15, -0.1) is 0 Å². The second-order valence-electron chi connectivity index (χ2n) is 7.96. The van der Waals surface area contributed by atoms with Crippen molar-refractivity contribution in [1.82, 2.24) is 20.1 Å². The molecule has 0 aliphatic carbocycles. The minimum Gasteiger partial charge on any atom is -0.482 e. The van der Waals surface area contributed by atoms with Crippen LogP contribution in [-0.2, 0) is 0 Å². The summed E-state index contributed by atoms with van der Waals surface area (Å²) >= 11 is 6.46. The lowest BCUT2D eigenvalue weighted by Crippen LogP contribution is -2.29. The number of nitrogen functional groups attached to an aromatic ring is 1. The first-order valence-corrected chi connectivity index (χ1v) is 10.7. The van der Waals surface area contributed by atoms with Crippen LogP contribution in [0.25, 0.3) is 11.1 Å². The van der Waals surface area contributed by atoms with Gasteiger partial charge in [-0.3, -0.25) is 4.68 Å². The van der Waals surface area contributed by atoms with Crippen LogP contribution < -0.4 is 15.8 Å². The van der Waals surface area contributed by atoms with E-state index in [1.807, 2.05) is 31.3 Å². The van der Waals surface area contributed by atoms with Gasteiger partial charge in [0.1, 0.15) is 6.10 Å². The van der Waals surface area contributed by atoms with Crippen molar-refractivity contribution < 1.29 is 4.74 Å². The van der Waals surface area contributed by atoms with E-state index in [2.05, 4.69) is 40.1 Å². The maximum absolute atomic E-state index is 6.46. The topological polar surface area (TPSA) is 78.0 Å². The van der Waals surface area contributed by atoms with E-state index >= 15 is 0 Å². The van der Waals surface area contributed by atoms with Crippen LogP contribution in [0.2, 0.25) is 5.02 Å². The third-order valence-electron chi connectivity index (χ3n) is 5.94. The number of nitrogens with zero attached hydrogens (tertiary/aromatic N) is 3. The van der Waals surface area contributed by atoms with Gasteiger partial charge < -0.3 is 15.8 Å². The summed E-state index contributed by atoms with van der Waals surface area (Å²) in [6, 6.07) is 6.29. The van der Waals surface area contributed by atoms with E-state index in [4.69, 9.17) is 22.1 Å². The SMILES string of the molecule is Cc1ccc(Cl)c([C@@H](C)Oc2cc(-c3cnn(C4CCNCC4)c3)cnc2N)c1C. The van der Waals surface area contributed by atoms with Gasteiger partial charge in [0, 0.05) is 34.1 Å². The van der Waals surface area contributed by atoms with E-state index < -0.39 is 0 Å². The molecule has 0 radical (unpaired) electrons. The first-order chi connectivity index (χ1) is 14.4. The Kier molecular flexibility index (Phi) is 5.97. The molecule has 0 amide bonds. The standard InChI is InChI=1S/C23H28ClN5O/c1-14-4-5-20(24)22(15(14)2)16(3)30-21-10-17(11-27-23(21)25)18-12-28-29(13-18)19-6-8-26-9-7-19/h4-5,10-13,16,19,26H,6-9H2,1-3H3,(H2,25,27)/t16-/m1/s1. The van der Waals surface area contributed by atoms with E-state index in [0.29, 0.717) is 22.6 Å². The highest BCUT2D eigenvalue weighted by molar-refractivity contribution is 6.31. The molecule has 1 aliphatic heterocycles. The Morgan fingerprint density at radius 3 is 2.73 bits per heavy atom. The molecule has 1 fully saturated rings. The molecular weight excluding hydrogens is 398 g/mol. The van der Waals surface area contributed by atoms with Crippen LogP contribution in [0.4, 0.5) is 5.82 Å². The van der Waals surface area contributed by atoms with Crippen LogP contribution in [0.3, 0.4) is 0 Å². The molecule has 0 bridgehead atoms. The number of nitrogens with two attached hydrogens (primary N) is 1. The summed E-state index contributed by atoms with van der Waals surface area (Å²) in [6.45, 7) is 8.16. The molecule has 4 rings (SSSR count). The largest absolute Gasteiger partial charge is 0.482 e. The Morgan fingerprint density at radius 1 is 1.20 bits per heavy atom. The van der Waals surface area contributed by atoms with E-state index in [1.54, 1.807) is 6.20 Å². The van der Waals surface area contributed by atoms with E-state index in [9.17, 15) is 0 Å². The zero-order valence-electron chi connectivity index (χ0n) is 17.7. The molecule has 7 heteroatoms. The van der Waals surface area contributed by atoms with Gasteiger partial charge in [0.25, 0.3) is 0 Å². The second kappa shape index (κ2) is 8.66. The molecule has 30 heavy (non-hydrogen) atoms. The maximum atomic E-state index is 6.46. The van der Waals surface area contributed by atoms with Gasteiger partial charge in [-0.1, -0.05) is 17.7 Å². The van der Waals surface area contributed by atoms with Crippen molar-refractivity contribution in [2.75, 3.05) is 18.8 Å². The highest BCUT2D eigenvalue weighted by Gasteiger charge is 2.19. The molecule has 3 N–H and O–H groups in total. The number of anilines is 1. The summed E-state index contributed by atoms with van der Waals surface area (Å²) < 4.78 is 8.29. The minimum absolute atomic E-state index is 0.255. The number of aryl methyl sites for hydroxylation is 1. The molecule has 3 heterocycles. The normalized spacial score (nSPS) is 15.9. The molecule has 6 nitrogen and oxygen atoms in total. The van der Waals surface area contributed by atoms with Crippen LogP contribution in [0.1, 0.15) is 48.6 Å². The first-order valence-electron chi connectivity index (χ1n) is 10.4. The van der Waals surface area contributed by atoms with Crippen molar-refractivity contribution in [3.05, 3.63) is 58.5 Å². The quantitative estimate of drug-likeness (QED) is 0.610. The molecule has 0 saturated carbocycles. The zero-order chi connectivity index (χ0) is 21.3. The zero-order valence-corrected chi connectivity index (χ0v) is 18.4. The van der Waals surface area contributed by atoms with E-state index in [-0.39, 0.29) is 6.10 Å². The molecule has 1 atom stereocenters. The van der Waals surface area contributed by atoms with Crippen LogP contribution in [0.15, 0.2) is 36.8 Å². The number of hydrogen-bond donors (Lipinski definition) is 2. The summed E-state index contributed by atoms with van der Waals surface area (Å²) in [7, 11) is 0. The average Bonchev–Trinajstić information content (AvgIpc) is 3.24. The predicted octanol–water partition coefficient (Wildman–Crippen LogP) is 4.86. The predicted molar refractivity (Wildman–Crippen MR) is 121 cm³/mol. The van der Waals surface area contributed by atoms with Crippen molar-refractivity contribution in [3.8, 4) is 16.9 Å². The minimum atomic E-state index is -0.255. The number of benzene rings is 1. The van der Waals surface area contributed by atoms with Crippen molar-refractivity contribution in [1.29, 1.82) is 0 Å². The summed E-state index contributed by atoms with van der Waals surface area (Å²) in [5.74, 6) is 0.907. The summed E-state index contributed by atoms with van der Waals surface area (Å²) in [5.41, 5.74) is 11.3. The van der Waals surface area contributed by atoms with Crippen LogP contribution in [0, 0.1) is 13.8 Å². The number of hydrogen-bond acceptors (Lipinski definition) is 5. The van der Waals surface area contributed by atoms with Crippen LogP contribution in [0.5, 0.6) is 5.75 Å². The fourth-order valence-corrected chi connectivity index (χ4v) is 4.38. The highest BCUT2D eigenvalue weighted by Crippen LogP contribution is 2.35. The van der Waals surface area contributed by atoms with Gasteiger partial charge >= 0.3 is 0 Å². The molecule has 0 unspecified atom stereocenters. The lowest BCUT2D eigenvalue weighted by molar-refractivity contribution is 0.227. The number of nitrogens with one attached hydrogen (secondary N) is 1. The number of pyridine rings is 1. The third-order valence-corrected chi connectivity index (χ3v) is 6.27. The van der Waals surface area contributed by atoms with Gasteiger partial charge in [-0.05, 0) is 70.0 Å². The van der Waals surface area contributed by atoms with Gasteiger partial charge in [0.2, 0.25) is 0 Å². The molecule has 1 saturated heterocycles. The van der Waals surface area contributed by atoms with Gasteiger partial charge in [0.15, 0.2) is 11.6 Å². The Morgan fingerprint density at radius 2 is 1.97 bits per heavy atom. The average molecular weight is 426 g/mol. The number of halogens is 1. The molecule has 1 aliphatic rings. The molecule has 2 aromatic heterocycles. The van der Waals surface area contributed by atoms with Crippen molar-refractivity contribution in [3.63, 3.8) is 0 Å². The van der Waals surface area contributed by atoms with E-state index in [1.165, 1.54) is 5.56 Å². The molecule has 0 spiro atoms. The Labute approximate surface area is 182 Å². The fourth-order valence-electron chi connectivity index (χ4n) is 4.02. The first kappa shape index (κ1) is 20.7. The number of piperidine rings is 1. The summed E-state index contributed by atoms with van der Waals surface area (Å²) in [4.78, 5) is 4.36. The van der Waals surface area contributed by atoms with Crippen LogP contribution >= 0.6 is 11.6 Å². The molecule has 1 aromatic carbocycles.